The lowest BCUT2D eigenvalue weighted by molar-refractivity contribution is -0.121. The number of nitrogens with zero attached hydrogens (tertiary/aromatic N) is 3. The number of nitriles is 1. The summed E-state index contributed by atoms with van der Waals surface area (Å²) in [6.07, 6.45) is 1.87. The molecule has 6 heteroatoms. The van der Waals surface area contributed by atoms with Crippen molar-refractivity contribution in [2.75, 3.05) is 14.1 Å². The highest BCUT2D eigenvalue weighted by Gasteiger charge is 2.19. The molecule has 25 heavy (non-hydrogen) atoms. The quantitative estimate of drug-likeness (QED) is 0.907. The van der Waals surface area contributed by atoms with Gasteiger partial charge >= 0.3 is 0 Å². The van der Waals surface area contributed by atoms with E-state index in [0.717, 1.165) is 5.56 Å². The van der Waals surface area contributed by atoms with Crippen LogP contribution >= 0.6 is 0 Å². The van der Waals surface area contributed by atoms with Gasteiger partial charge in [-0.15, -0.1) is 0 Å². The smallest absolute Gasteiger partial charge is 0.253 e. The van der Waals surface area contributed by atoms with Gasteiger partial charge in [-0.05, 0) is 31.2 Å². The normalized spacial score (nSPS) is 11.3. The molecule has 0 saturated carbocycles. The van der Waals surface area contributed by atoms with Crippen molar-refractivity contribution >= 4 is 11.8 Å². The van der Waals surface area contributed by atoms with E-state index in [1.807, 2.05) is 6.92 Å². The zero-order chi connectivity index (χ0) is 18.4. The molecule has 1 heterocycles. The molecule has 0 spiro atoms. The SMILES string of the molecule is CNC(=O)C[C@H](C)N(C)C(=O)c1ccc(-c2ncccc2C#N)cc1. The van der Waals surface area contributed by atoms with Crippen molar-refractivity contribution in [3.8, 4) is 17.3 Å². The number of amides is 2. The largest absolute Gasteiger partial charge is 0.359 e. The van der Waals surface area contributed by atoms with Crippen LogP contribution in [0.3, 0.4) is 0 Å². The number of benzene rings is 1. The van der Waals surface area contributed by atoms with Crippen LogP contribution in [0, 0.1) is 11.3 Å². The molecule has 2 amide bonds. The Morgan fingerprint density at radius 1 is 1.28 bits per heavy atom. The van der Waals surface area contributed by atoms with Gasteiger partial charge in [0.25, 0.3) is 5.91 Å². The van der Waals surface area contributed by atoms with E-state index < -0.39 is 0 Å². The molecule has 0 saturated heterocycles. The van der Waals surface area contributed by atoms with Gasteiger partial charge in [0.15, 0.2) is 0 Å². The first-order valence-electron chi connectivity index (χ1n) is 7.91. The molecular formula is C19H20N4O2. The van der Waals surface area contributed by atoms with E-state index >= 15 is 0 Å². The fraction of sp³-hybridized carbons (Fsp3) is 0.263. The Morgan fingerprint density at radius 3 is 2.56 bits per heavy atom. The van der Waals surface area contributed by atoms with E-state index in [9.17, 15) is 9.59 Å². The number of pyridine rings is 1. The minimum absolute atomic E-state index is 0.110. The van der Waals surface area contributed by atoms with E-state index in [-0.39, 0.29) is 24.3 Å². The Labute approximate surface area is 147 Å². The van der Waals surface area contributed by atoms with Gasteiger partial charge in [0, 0.05) is 43.9 Å². The lowest BCUT2D eigenvalue weighted by Gasteiger charge is -2.24. The molecule has 6 nitrogen and oxygen atoms in total. The minimum atomic E-state index is -0.215. The second kappa shape index (κ2) is 8.06. The molecule has 1 atom stereocenters. The predicted octanol–water partition coefficient (Wildman–Crippen LogP) is 2.22. The third-order valence-corrected chi connectivity index (χ3v) is 4.07. The van der Waals surface area contributed by atoms with Crippen molar-refractivity contribution in [3.05, 3.63) is 53.7 Å². The average Bonchev–Trinajstić information content (AvgIpc) is 2.66. The van der Waals surface area contributed by atoms with Crippen LogP contribution < -0.4 is 5.32 Å². The summed E-state index contributed by atoms with van der Waals surface area (Å²) in [7, 11) is 3.25. The first kappa shape index (κ1) is 18.1. The lowest BCUT2D eigenvalue weighted by Crippen LogP contribution is -2.38. The summed E-state index contributed by atoms with van der Waals surface area (Å²) in [6, 6.07) is 12.3. The van der Waals surface area contributed by atoms with Crippen LogP contribution in [-0.2, 0) is 4.79 Å². The van der Waals surface area contributed by atoms with E-state index in [0.29, 0.717) is 16.8 Å². The summed E-state index contributed by atoms with van der Waals surface area (Å²) in [5.41, 5.74) is 2.36. The lowest BCUT2D eigenvalue weighted by atomic mass is 10.0. The highest BCUT2D eigenvalue weighted by molar-refractivity contribution is 5.95. The monoisotopic (exact) mass is 336 g/mol. The van der Waals surface area contributed by atoms with E-state index in [1.54, 1.807) is 61.6 Å². The summed E-state index contributed by atoms with van der Waals surface area (Å²) < 4.78 is 0. The Kier molecular flexibility index (Phi) is 5.85. The molecular weight excluding hydrogens is 316 g/mol. The molecule has 1 N–H and O–H groups in total. The van der Waals surface area contributed by atoms with Crippen molar-refractivity contribution in [2.24, 2.45) is 0 Å². The highest BCUT2D eigenvalue weighted by atomic mass is 16.2. The van der Waals surface area contributed by atoms with Crippen LogP contribution in [0.2, 0.25) is 0 Å². The maximum absolute atomic E-state index is 12.6. The predicted molar refractivity (Wildman–Crippen MR) is 94.6 cm³/mol. The number of hydrogen-bond donors (Lipinski definition) is 1. The van der Waals surface area contributed by atoms with Gasteiger partial charge in [0.1, 0.15) is 6.07 Å². The number of rotatable bonds is 5. The Hall–Kier alpha value is -3.20. The van der Waals surface area contributed by atoms with Gasteiger partial charge in [0.05, 0.1) is 11.3 Å². The highest BCUT2D eigenvalue weighted by Crippen LogP contribution is 2.21. The summed E-state index contributed by atoms with van der Waals surface area (Å²) in [6.45, 7) is 1.83. The zero-order valence-electron chi connectivity index (χ0n) is 14.5. The van der Waals surface area contributed by atoms with Gasteiger partial charge in [-0.25, -0.2) is 0 Å². The second-order valence-corrected chi connectivity index (χ2v) is 5.73. The molecule has 2 aromatic rings. The molecule has 0 radical (unpaired) electrons. The van der Waals surface area contributed by atoms with Crippen molar-refractivity contribution < 1.29 is 9.59 Å². The standard InChI is InChI=1S/C19H20N4O2/c1-13(11-17(24)21-2)23(3)19(25)15-8-6-14(7-9-15)18-16(12-20)5-4-10-22-18/h4-10,13H,11H2,1-3H3,(H,21,24)/t13-/m0/s1. The van der Waals surface area contributed by atoms with Crippen LogP contribution in [0.15, 0.2) is 42.6 Å². The zero-order valence-corrected chi connectivity index (χ0v) is 14.5. The van der Waals surface area contributed by atoms with Gasteiger partial charge in [0.2, 0.25) is 5.91 Å². The third kappa shape index (κ3) is 4.21. The fourth-order valence-corrected chi connectivity index (χ4v) is 2.41. The Balaban J connectivity index is 2.18. The number of hydrogen-bond acceptors (Lipinski definition) is 4. The molecule has 0 unspecified atom stereocenters. The molecule has 1 aromatic heterocycles. The molecule has 0 aliphatic heterocycles. The minimum Gasteiger partial charge on any atom is -0.359 e. The topological polar surface area (TPSA) is 86.1 Å². The van der Waals surface area contributed by atoms with E-state index in [1.165, 1.54) is 0 Å². The van der Waals surface area contributed by atoms with E-state index in [2.05, 4.69) is 16.4 Å². The summed E-state index contributed by atoms with van der Waals surface area (Å²) >= 11 is 0. The molecule has 128 valence electrons. The van der Waals surface area contributed by atoms with Gasteiger partial charge < -0.3 is 10.2 Å². The summed E-state index contributed by atoms with van der Waals surface area (Å²) in [4.78, 5) is 29.8. The molecule has 0 fully saturated rings. The number of aromatic nitrogens is 1. The third-order valence-electron chi connectivity index (χ3n) is 4.07. The summed E-state index contributed by atoms with van der Waals surface area (Å²) in [5, 5.41) is 11.7. The summed E-state index contributed by atoms with van der Waals surface area (Å²) in [5.74, 6) is -0.272. The number of carbonyl (C=O) groups is 2. The molecule has 0 aliphatic rings. The van der Waals surface area contributed by atoms with Crippen molar-refractivity contribution in [1.82, 2.24) is 15.2 Å². The van der Waals surface area contributed by atoms with Gasteiger partial charge in [-0.2, -0.15) is 5.26 Å². The van der Waals surface area contributed by atoms with E-state index in [4.69, 9.17) is 5.26 Å². The van der Waals surface area contributed by atoms with Crippen LogP contribution in [0.4, 0.5) is 0 Å². The number of nitrogens with one attached hydrogen (secondary N) is 1. The van der Waals surface area contributed by atoms with Crippen molar-refractivity contribution in [3.63, 3.8) is 0 Å². The van der Waals surface area contributed by atoms with Crippen LogP contribution in [0.1, 0.15) is 29.3 Å². The Morgan fingerprint density at radius 2 is 1.96 bits per heavy atom. The van der Waals surface area contributed by atoms with Crippen molar-refractivity contribution in [1.29, 1.82) is 5.26 Å². The maximum Gasteiger partial charge on any atom is 0.253 e. The molecule has 1 aromatic carbocycles. The van der Waals surface area contributed by atoms with Crippen LogP contribution in [-0.4, -0.2) is 41.8 Å². The molecule has 0 bridgehead atoms. The Bertz CT molecular complexity index is 809. The average molecular weight is 336 g/mol. The van der Waals surface area contributed by atoms with Crippen LogP contribution in [0.5, 0.6) is 0 Å². The number of carbonyl (C=O) groups excluding carboxylic acids is 2. The van der Waals surface area contributed by atoms with Gasteiger partial charge in [-0.3, -0.25) is 14.6 Å². The maximum atomic E-state index is 12.6. The van der Waals surface area contributed by atoms with Crippen LogP contribution in [0.25, 0.3) is 11.3 Å². The molecule has 2 rings (SSSR count). The second-order valence-electron chi connectivity index (χ2n) is 5.73. The fourth-order valence-electron chi connectivity index (χ4n) is 2.41. The first-order chi connectivity index (χ1) is 12.0. The molecule has 0 aliphatic carbocycles. The van der Waals surface area contributed by atoms with Crippen molar-refractivity contribution in [2.45, 2.75) is 19.4 Å². The first-order valence-corrected chi connectivity index (χ1v) is 7.91. The van der Waals surface area contributed by atoms with Gasteiger partial charge in [-0.1, -0.05) is 12.1 Å².